The summed E-state index contributed by atoms with van der Waals surface area (Å²) in [7, 11) is 0. The molecular weight excluding hydrogens is 302 g/mol. The Labute approximate surface area is 113 Å². The van der Waals surface area contributed by atoms with Gasteiger partial charge in [-0.1, -0.05) is 6.08 Å². The standard InChI is InChI=1S/C11H14BrN3O3/c1-3-4-14(5-6-16)11-10(12)8(2)9(7-13-11)15(17)18/h3,7,16H,1,4-6H2,2H3. The molecule has 0 radical (unpaired) electrons. The molecule has 1 rings (SSSR count). The van der Waals surface area contributed by atoms with Gasteiger partial charge in [0.1, 0.15) is 12.0 Å². The van der Waals surface area contributed by atoms with E-state index in [4.69, 9.17) is 5.11 Å². The second kappa shape index (κ2) is 6.46. The summed E-state index contributed by atoms with van der Waals surface area (Å²) in [5.74, 6) is 0.562. The van der Waals surface area contributed by atoms with Crippen LogP contribution in [0.2, 0.25) is 0 Å². The first-order valence-electron chi connectivity index (χ1n) is 5.29. The first kappa shape index (κ1) is 14.6. The Kier molecular flexibility index (Phi) is 5.24. The lowest BCUT2D eigenvalue weighted by Crippen LogP contribution is -2.28. The van der Waals surface area contributed by atoms with Crippen LogP contribution in [0.4, 0.5) is 11.5 Å². The number of halogens is 1. The van der Waals surface area contributed by atoms with Crippen molar-refractivity contribution >= 4 is 27.4 Å². The van der Waals surface area contributed by atoms with Crippen molar-refractivity contribution in [3.05, 3.63) is 39.0 Å². The van der Waals surface area contributed by atoms with E-state index in [-0.39, 0.29) is 12.3 Å². The normalized spacial score (nSPS) is 10.2. The maximum Gasteiger partial charge on any atom is 0.291 e. The van der Waals surface area contributed by atoms with Gasteiger partial charge < -0.3 is 10.0 Å². The highest BCUT2D eigenvalue weighted by Crippen LogP contribution is 2.32. The quantitative estimate of drug-likeness (QED) is 0.493. The van der Waals surface area contributed by atoms with Gasteiger partial charge >= 0.3 is 0 Å². The Balaban J connectivity index is 3.20. The van der Waals surface area contributed by atoms with Gasteiger partial charge in [0, 0.05) is 18.7 Å². The van der Waals surface area contributed by atoms with Gasteiger partial charge in [0.25, 0.3) is 5.69 Å². The predicted molar refractivity (Wildman–Crippen MR) is 72.8 cm³/mol. The van der Waals surface area contributed by atoms with Crippen LogP contribution in [-0.2, 0) is 0 Å². The molecule has 0 saturated carbocycles. The molecule has 98 valence electrons. The molecule has 0 fully saturated rings. The Bertz CT molecular complexity index is 465. The molecule has 7 heteroatoms. The molecule has 0 amide bonds. The molecule has 0 spiro atoms. The van der Waals surface area contributed by atoms with Crippen LogP contribution in [0, 0.1) is 17.0 Å². The van der Waals surface area contributed by atoms with E-state index in [0.717, 1.165) is 0 Å². The van der Waals surface area contributed by atoms with Gasteiger partial charge in [-0.15, -0.1) is 6.58 Å². The van der Waals surface area contributed by atoms with Gasteiger partial charge in [0.05, 0.1) is 16.0 Å². The van der Waals surface area contributed by atoms with E-state index in [1.807, 2.05) is 0 Å². The van der Waals surface area contributed by atoms with Crippen LogP contribution in [0.25, 0.3) is 0 Å². The van der Waals surface area contributed by atoms with Gasteiger partial charge in [-0.2, -0.15) is 0 Å². The molecule has 0 aliphatic rings. The molecule has 18 heavy (non-hydrogen) atoms. The minimum atomic E-state index is -0.471. The number of aliphatic hydroxyl groups is 1. The summed E-state index contributed by atoms with van der Waals surface area (Å²) >= 11 is 3.32. The van der Waals surface area contributed by atoms with E-state index < -0.39 is 4.92 Å². The summed E-state index contributed by atoms with van der Waals surface area (Å²) in [5, 5.41) is 19.8. The van der Waals surface area contributed by atoms with E-state index in [0.29, 0.717) is 28.9 Å². The largest absolute Gasteiger partial charge is 0.395 e. The molecule has 0 aliphatic carbocycles. The molecule has 6 nitrogen and oxygen atoms in total. The average molecular weight is 316 g/mol. The number of pyridine rings is 1. The zero-order chi connectivity index (χ0) is 13.7. The van der Waals surface area contributed by atoms with Crippen LogP contribution in [0.3, 0.4) is 0 Å². The van der Waals surface area contributed by atoms with E-state index in [9.17, 15) is 10.1 Å². The van der Waals surface area contributed by atoms with Crippen LogP contribution in [0.5, 0.6) is 0 Å². The number of hydrogen-bond acceptors (Lipinski definition) is 5. The number of nitro groups is 1. The molecule has 1 heterocycles. The lowest BCUT2D eigenvalue weighted by molar-refractivity contribution is -0.385. The lowest BCUT2D eigenvalue weighted by Gasteiger charge is -2.22. The summed E-state index contributed by atoms with van der Waals surface area (Å²) in [5.41, 5.74) is 0.477. The minimum Gasteiger partial charge on any atom is -0.395 e. The smallest absolute Gasteiger partial charge is 0.291 e. The van der Waals surface area contributed by atoms with E-state index in [1.54, 1.807) is 17.9 Å². The second-order valence-corrected chi connectivity index (χ2v) is 4.41. The third kappa shape index (κ3) is 3.05. The van der Waals surface area contributed by atoms with Crippen molar-refractivity contribution in [2.45, 2.75) is 6.92 Å². The van der Waals surface area contributed by atoms with Crippen LogP contribution >= 0.6 is 15.9 Å². The molecule has 0 aromatic carbocycles. The van der Waals surface area contributed by atoms with Gasteiger partial charge in [0.2, 0.25) is 0 Å². The summed E-state index contributed by atoms with van der Waals surface area (Å²) in [4.78, 5) is 16.2. The van der Waals surface area contributed by atoms with Gasteiger partial charge in [0.15, 0.2) is 0 Å². The number of aliphatic hydroxyl groups excluding tert-OH is 1. The van der Waals surface area contributed by atoms with Gasteiger partial charge in [-0.3, -0.25) is 10.1 Å². The molecule has 0 unspecified atom stereocenters. The fourth-order valence-electron chi connectivity index (χ4n) is 1.52. The maximum atomic E-state index is 10.8. The van der Waals surface area contributed by atoms with Crippen LogP contribution < -0.4 is 4.90 Å². The Morgan fingerprint density at radius 2 is 2.39 bits per heavy atom. The molecule has 1 N–H and O–H groups in total. The molecular formula is C11H14BrN3O3. The van der Waals surface area contributed by atoms with Crippen molar-refractivity contribution in [1.82, 2.24) is 4.98 Å². The number of rotatable bonds is 6. The van der Waals surface area contributed by atoms with Crippen molar-refractivity contribution in [2.75, 3.05) is 24.6 Å². The zero-order valence-electron chi connectivity index (χ0n) is 9.97. The topological polar surface area (TPSA) is 79.5 Å². The summed E-state index contributed by atoms with van der Waals surface area (Å²) in [6.07, 6.45) is 2.91. The van der Waals surface area contributed by atoms with Crippen LogP contribution in [-0.4, -0.2) is 34.7 Å². The predicted octanol–water partition coefficient (Wildman–Crippen LogP) is 2.05. The van der Waals surface area contributed by atoms with Crippen molar-refractivity contribution in [3.8, 4) is 0 Å². The van der Waals surface area contributed by atoms with Crippen molar-refractivity contribution < 1.29 is 10.0 Å². The Morgan fingerprint density at radius 3 is 2.89 bits per heavy atom. The molecule has 0 bridgehead atoms. The minimum absolute atomic E-state index is 0.0298. The summed E-state index contributed by atoms with van der Waals surface area (Å²) in [6, 6.07) is 0. The highest BCUT2D eigenvalue weighted by Gasteiger charge is 2.19. The van der Waals surface area contributed by atoms with E-state index in [1.165, 1.54) is 6.20 Å². The average Bonchev–Trinajstić information content (AvgIpc) is 2.32. The molecule has 0 saturated heterocycles. The number of hydrogen-bond donors (Lipinski definition) is 1. The van der Waals surface area contributed by atoms with Crippen molar-refractivity contribution in [3.63, 3.8) is 0 Å². The first-order chi connectivity index (χ1) is 8.52. The zero-order valence-corrected chi connectivity index (χ0v) is 11.6. The third-order valence-electron chi connectivity index (χ3n) is 2.43. The Morgan fingerprint density at radius 1 is 1.72 bits per heavy atom. The summed E-state index contributed by atoms with van der Waals surface area (Å²) in [6.45, 7) is 6.14. The van der Waals surface area contributed by atoms with Crippen molar-refractivity contribution in [2.24, 2.45) is 0 Å². The fraction of sp³-hybridized carbons (Fsp3) is 0.364. The van der Waals surface area contributed by atoms with Crippen molar-refractivity contribution in [1.29, 1.82) is 0 Å². The number of nitrogens with zero attached hydrogens (tertiary/aromatic N) is 3. The van der Waals surface area contributed by atoms with Gasteiger partial charge in [-0.05, 0) is 22.9 Å². The lowest BCUT2D eigenvalue weighted by atomic mass is 10.2. The highest BCUT2D eigenvalue weighted by molar-refractivity contribution is 9.10. The molecule has 0 aliphatic heterocycles. The van der Waals surface area contributed by atoms with Crippen LogP contribution in [0.15, 0.2) is 23.3 Å². The summed E-state index contributed by atoms with van der Waals surface area (Å²) < 4.78 is 0.562. The first-order valence-corrected chi connectivity index (χ1v) is 6.08. The highest BCUT2D eigenvalue weighted by atomic mass is 79.9. The maximum absolute atomic E-state index is 10.8. The fourth-order valence-corrected chi connectivity index (χ4v) is 2.08. The van der Waals surface area contributed by atoms with E-state index >= 15 is 0 Å². The van der Waals surface area contributed by atoms with Gasteiger partial charge in [-0.25, -0.2) is 4.98 Å². The second-order valence-electron chi connectivity index (χ2n) is 3.62. The monoisotopic (exact) mass is 315 g/mol. The van der Waals surface area contributed by atoms with Crippen LogP contribution in [0.1, 0.15) is 5.56 Å². The Hall–Kier alpha value is -1.47. The molecule has 1 aromatic rings. The number of anilines is 1. The third-order valence-corrected chi connectivity index (χ3v) is 3.38. The SMILES string of the molecule is C=CCN(CCO)c1ncc([N+](=O)[O-])c(C)c1Br. The molecule has 0 atom stereocenters. The molecule has 1 aromatic heterocycles. The number of aromatic nitrogens is 1. The van der Waals surface area contributed by atoms with E-state index in [2.05, 4.69) is 27.5 Å².